The van der Waals surface area contributed by atoms with Crippen LogP contribution in [-0.2, 0) is 0 Å². The maximum atomic E-state index is 13.4. The molecular weight excluding hydrogens is 299 g/mol. The molecule has 0 atom stereocenters. The highest BCUT2D eigenvalue weighted by Gasteiger charge is 2.12. The van der Waals surface area contributed by atoms with E-state index in [1.807, 2.05) is 0 Å². The van der Waals surface area contributed by atoms with Crippen molar-refractivity contribution in [1.29, 1.82) is 0 Å². The average molecular weight is 311 g/mol. The van der Waals surface area contributed by atoms with Crippen LogP contribution in [0.4, 0.5) is 4.39 Å². The molecule has 21 heavy (non-hydrogen) atoms. The summed E-state index contributed by atoms with van der Waals surface area (Å²) in [6.07, 6.45) is 0. The molecule has 0 aliphatic carbocycles. The summed E-state index contributed by atoms with van der Waals surface area (Å²) in [5.41, 5.74) is 5.92. The summed E-state index contributed by atoms with van der Waals surface area (Å²) in [4.78, 5) is 0. The van der Waals surface area contributed by atoms with Crippen molar-refractivity contribution in [3.05, 3.63) is 52.8 Å². The minimum atomic E-state index is -0.609. The monoisotopic (exact) mass is 310 g/mol. The van der Waals surface area contributed by atoms with Gasteiger partial charge in [0.2, 0.25) is 0 Å². The van der Waals surface area contributed by atoms with Crippen molar-refractivity contribution in [3.8, 4) is 17.2 Å². The van der Waals surface area contributed by atoms with Crippen LogP contribution in [0.25, 0.3) is 0 Å². The summed E-state index contributed by atoms with van der Waals surface area (Å²) in [6.45, 7) is 0. The van der Waals surface area contributed by atoms with Crippen LogP contribution in [-0.4, -0.2) is 18.2 Å². The number of nitrogens with zero attached hydrogens (tertiary/aromatic N) is 1. The van der Waals surface area contributed by atoms with Crippen LogP contribution in [0.15, 0.2) is 41.6 Å². The topological polar surface area (TPSA) is 77.1 Å². The number of amidine groups is 1. The first-order valence-electron chi connectivity index (χ1n) is 5.84. The average Bonchev–Trinajstić information content (AvgIpc) is 2.50. The predicted octanol–water partition coefficient (Wildman–Crippen LogP) is 3.37. The lowest BCUT2D eigenvalue weighted by Gasteiger charge is -2.12. The van der Waals surface area contributed by atoms with Gasteiger partial charge in [-0.15, -0.1) is 0 Å². The van der Waals surface area contributed by atoms with E-state index in [0.29, 0.717) is 11.3 Å². The van der Waals surface area contributed by atoms with E-state index in [-0.39, 0.29) is 22.4 Å². The number of oxime groups is 1. The van der Waals surface area contributed by atoms with Gasteiger partial charge in [-0.25, -0.2) is 4.39 Å². The van der Waals surface area contributed by atoms with Gasteiger partial charge in [-0.05, 0) is 24.3 Å². The number of hydrogen-bond acceptors (Lipinski definition) is 4. The second-order valence-electron chi connectivity index (χ2n) is 4.03. The Balaban J connectivity index is 2.43. The molecule has 2 rings (SSSR count). The van der Waals surface area contributed by atoms with E-state index in [2.05, 4.69) is 5.16 Å². The lowest BCUT2D eigenvalue weighted by molar-refractivity contribution is 0.318. The molecule has 0 saturated heterocycles. The molecule has 0 spiro atoms. The van der Waals surface area contributed by atoms with Gasteiger partial charge in [0.05, 0.1) is 17.7 Å². The Morgan fingerprint density at radius 3 is 2.57 bits per heavy atom. The SMILES string of the molecule is COc1ccc(/C(N)=N/O)c(Oc2ccc(Cl)c(F)c2)c1. The second kappa shape index (κ2) is 6.32. The van der Waals surface area contributed by atoms with Crippen LogP contribution in [0.2, 0.25) is 5.02 Å². The Morgan fingerprint density at radius 2 is 1.95 bits per heavy atom. The molecular formula is C14H12ClFN2O3. The first kappa shape index (κ1) is 14.9. The Morgan fingerprint density at radius 1 is 1.24 bits per heavy atom. The van der Waals surface area contributed by atoms with Gasteiger partial charge in [0.25, 0.3) is 0 Å². The van der Waals surface area contributed by atoms with Crippen molar-refractivity contribution >= 4 is 17.4 Å². The molecule has 0 radical (unpaired) electrons. The maximum Gasteiger partial charge on any atom is 0.173 e. The number of hydrogen-bond donors (Lipinski definition) is 2. The van der Waals surface area contributed by atoms with Gasteiger partial charge in [-0.3, -0.25) is 0 Å². The lowest BCUT2D eigenvalue weighted by atomic mass is 10.1. The van der Waals surface area contributed by atoms with Gasteiger partial charge in [0.1, 0.15) is 23.1 Å². The van der Waals surface area contributed by atoms with Gasteiger partial charge >= 0.3 is 0 Å². The molecule has 2 aromatic rings. The van der Waals surface area contributed by atoms with Crippen LogP contribution in [0.5, 0.6) is 17.2 Å². The molecule has 5 nitrogen and oxygen atoms in total. The summed E-state index contributed by atoms with van der Waals surface area (Å²) in [7, 11) is 1.49. The van der Waals surface area contributed by atoms with Gasteiger partial charge in [0.15, 0.2) is 5.84 Å². The van der Waals surface area contributed by atoms with E-state index < -0.39 is 5.82 Å². The number of methoxy groups -OCH3 is 1. The summed E-state index contributed by atoms with van der Waals surface area (Å²) in [5, 5.41) is 11.7. The lowest BCUT2D eigenvalue weighted by Crippen LogP contribution is -2.14. The Labute approximate surface area is 125 Å². The maximum absolute atomic E-state index is 13.4. The molecule has 0 aliphatic heterocycles. The van der Waals surface area contributed by atoms with Crippen LogP contribution in [0.3, 0.4) is 0 Å². The molecule has 0 aliphatic rings. The molecule has 0 bridgehead atoms. The third kappa shape index (κ3) is 3.35. The summed E-state index contributed by atoms with van der Waals surface area (Å²) < 4.78 is 24.1. The van der Waals surface area contributed by atoms with Gasteiger partial charge in [-0.2, -0.15) is 0 Å². The summed E-state index contributed by atoms with van der Waals surface area (Å²) in [6, 6.07) is 8.74. The number of ether oxygens (including phenoxy) is 2. The fourth-order valence-electron chi connectivity index (χ4n) is 1.65. The van der Waals surface area contributed by atoms with Crippen LogP contribution >= 0.6 is 11.6 Å². The number of nitrogens with two attached hydrogens (primary N) is 1. The standard InChI is InChI=1S/C14H12ClFN2O3/c1-20-8-2-4-10(14(17)18-19)13(7-8)21-9-3-5-11(15)12(16)6-9/h2-7,19H,1H3,(H2,17,18). The highest BCUT2D eigenvalue weighted by atomic mass is 35.5. The van der Waals surface area contributed by atoms with Crippen molar-refractivity contribution in [2.75, 3.05) is 7.11 Å². The van der Waals surface area contributed by atoms with E-state index >= 15 is 0 Å². The molecule has 2 aromatic carbocycles. The van der Waals surface area contributed by atoms with E-state index in [1.165, 1.54) is 19.2 Å². The summed E-state index contributed by atoms with van der Waals surface area (Å²) in [5.74, 6) is 0.238. The molecule has 0 heterocycles. The molecule has 0 unspecified atom stereocenters. The number of benzene rings is 2. The zero-order valence-electron chi connectivity index (χ0n) is 11.0. The first-order valence-corrected chi connectivity index (χ1v) is 6.21. The minimum absolute atomic E-state index is 0.00958. The normalized spacial score (nSPS) is 11.3. The molecule has 3 N–H and O–H groups in total. The van der Waals surface area contributed by atoms with Crippen molar-refractivity contribution in [2.45, 2.75) is 0 Å². The zero-order chi connectivity index (χ0) is 15.4. The third-order valence-electron chi connectivity index (χ3n) is 2.69. The molecule has 0 aromatic heterocycles. The van der Waals surface area contributed by atoms with Gasteiger partial charge in [0, 0.05) is 12.1 Å². The van der Waals surface area contributed by atoms with Crippen molar-refractivity contribution in [2.24, 2.45) is 10.9 Å². The Kier molecular flexibility index (Phi) is 4.49. The highest BCUT2D eigenvalue weighted by Crippen LogP contribution is 2.31. The molecule has 0 saturated carbocycles. The molecule has 110 valence electrons. The smallest absolute Gasteiger partial charge is 0.173 e. The van der Waals surface area contributed by atoms with Gasteiger partial charge < -0.3 is 20.4 Å². The van der Waals surface area contributed by atoms with Gasteiger partial charge in [-0.1, -0.05) is 16.8 Å². The highest BCUT2D eigenvalue weighted by molar-refractivity contribution is 6.30. The first-order chi connectivity index (χ1) is 10.0. The second-order valence-corrected chi connectivity index (χ2v) is 4.43. The van der Waals surface area contributed by atoms with E-state index in [4.69, 9.17) is 32.0 Å². The van der Waals surface area contributed by atoms with Crippen LogP contribution in [0, 0.1) is 5.82 Å². The fraction of sp³-hybridized carbons (Fsp3) is 0.0714. The quantitative estimate of drug-likeness (QED) is 0.393. The Bertz CT molecular complexity index is 692. The summed E-state index contributed by atoms with van der Waals surface area (Å²) >= 11 is 5.61. The van der Waals surface area contributed by atoms with E-state index in [9.17, 15) is 4.39 Å². The largest absolute Gasteiger partial charge is 0.497 e. The number of rotatable bonds is 4. The molecule has 0 fully saturated rings. The Hall–Kier alpha value is -2.47. The van der Waals surface area contributed by atoms with E-state index in [1.54, 1.807) is 18.2 Å². The van der Waals surface area contributed by atoms with E-state index in [0.717, 1.165) is 6.07 Å². The predicted molar refractivity (Wildman–Crippen MR) is 77.0 cm³/mol. The number of halogens is 2. The van der Waals surface area contributed by atoms with Crippen LogP contribution in [0.1, 0.15) is 5.56 Å². The van der Waals surface area contributed by atoms with Crippen molar-refractivity contribution in [1.82, 2.24) is 0 Å². The molecule has 7 heteroatoms. The fourth-order valence-corrected chi connectivity index (χ4v) is 1.76. The molecule has 0 amide bonds. The van der Waals surface area contributed by atoms with Crippen molar-refractivity contribution in [3.63, 3.8) is 0 Å². The van der Waals surface area contributed by atoms with Crippen molar-refractivity contribution < 1.29 is 19.1 Å². The zero-order valence-corrected chi connectivity index (χ0v) is 11.8. The minimum Gasteiger partial charge on any atom is -0.497 e. The van der Waals surface area contributed by atoms with Crippen LogP contribution < -0.4 is 15.2 Å². The third-order valence-corrected chi connectivity index (χ3v) is 3.00.